The van der Waals surface area contributed by atoms with Crippen LogP contribution < -0.4 is 19.6 Å². The van der Waals surface area contributed by atoms with Crippen molar-refractivity contribution in [3.8, 4) is 5.75 Å². The van der Waals surface area contributed by atoms with Crippen molar-refractivity contribution in [2.75, 3.05) is 34.6 Å². The van der Waals surface area contributed by atoms with Crippen LogP contribution in [0, 0.1) is 5.92 Å². The molecule has 0 unspecified atom stereocenters. The molecule has 0 saturated carbocycles. The van der Waals surface area contributed by atoms with Gasteiger partial charge in [0.2, 0.25) is 5.91 Å². The number of carbonyl (C=O) groups is 2. The first-order valence-corrected chi connectivity index (χ1v) is 13.0. The second-order valence-electron chi connectivity index (χ2n) is 9.28. The number of anilines is 3. The predicted molar refractivity (Wildman–Crippen MR) is 145 cm³/mol. The van der Waals surface area contributed by atoms with Crippen molar-refractivity contribution in [3.63, 3.8) is 0 Å². The van der Waals surface area contributed by atoms with Crippen LogP contribution in [0.25, 0.3) is 0 Å². The second-order valence-corrected chi connectivity index (χ2v) is 9.28. The summed E-state index contributed by atoms with van der Waals surface area (Å²) in [6.07, 6.45) is 0.0111. The SMILES string of the molecule is CCCOc1ccc(N2C(=O)[C@@H]3[C@@H](ON(c4ccccc4)[C@H]3c3ccc(N(CC)CC)cc3)C2=O)cc1. The van der Waals surface area contributed by atoms with Crippen molar-refractivity contribution in [1.82, 2.24) is 0 Å². The molecule has 2 fully saturated rings. The summed E-state index contributed by atoms with van der Waals surface area (Å²) < 4.78 is 5.66. The molecule has 192 valence electrons. The number of rotatable bonds is 9. The molecular weight excluding hydrogens is 466 g/mol. The number of imide groups is 1. The Morgan fingerprint density at radius 3 is 2.11 bits per heavy atom. The van der Waals surface area contributed by atoms with Crippen LogP contribution in [0.5, 0.6) is 5.75 Å². The average molecular weight is 500 g/mol. The zero-order chi connectivity index (χ0) is 25.9. The fourth-order valence-electron chi connectivity index (χ4n) is 5.19. The van der Waals surface area contributed by atoms with E-state index in [1.54, 1.807) is 29.3 Å². The summed E-state index contributed by atoms with van der Waals surface area (Å²) in [5, 5.41) is 1.73. The smallest absolute Gasteiger partial charge is 0.266 e. The van der Waals surface area contributed by atoms with Gasteiger partial charge in [-0.25, -0.2) is 9.96 Å². The number of benzene rings is 3. The monoisotopic (exact) mass is 499 g/mol. The first-order chi connectivity index (χ1) is 18.1. The topological polar surface area (TPSA) is 62.3 Å². The van der Waals surface area contributed by atoms with Crippen molar-refractivity contribution in [2.24, 2.45) is 5.92 Å². The van der Waals surface area contributed by atoms with Crippen LogP contribution in [-0.4, -0.2) is 37.6 Å². The molecule has 0 N–H and O–H groups in total. The molecule has 3 aromatic carbocycles. The van der Waals surface area contributed by atoms with Gasteiger partial charge in [-0.3, -0.25) is 14.4 Å². The molecule has 3 atom stereocenters. The molecule has 5 rings (SSSR count). The van der Waals surface area contributed by atoms with Gasteiger partial charge in [-0.2, -0.15) is 0 Å². The van der Waals surface area contributed by atoms with Gasteiger partial charge in [0, 0.05) is 18.8 Å². The lowest BCUT2D eigenvalue weighted by Gasteiger charge is -2.29. The summed E-state index contributed by atoms with van der Waals surface area (Å²) >= 11 is 0. The lowest BCUT2D eigenvalue weighted by atomic mass is 9.90. The Morgan fingerprint density at radius 2 is 1.49 bits per heavy atom. The molecule has 2 saturated heterocycles. The number of hydrogen-bond acceptors (Lipinski definition) is 6. The standard InChI is InChI=1S/C30H33N3O4/c1-4-20-36-25-18-16-23(17-19-25)32-29(34)26-27(21-12-14-22(15-13-21)31(5-2)6-3)33(37-28(26)30(32)35)24-10-8-7-9-11-24/h7-19,26-28H,4-6,20H2,1-3H3/t26-,27-,28+/m0/s1. The Labute approximate surface area is 218 Å². The molecule has 7 nitrogen and oxygen atoms in total. The molecule has 7 heteroatoms. The van der Waals surface area contributed by atoms with Crippen LogP contribution in [0.3, 0.4) is 0 Å². The highest BCUT2D eigenvalue weighted by atomic mass is 16.7. The third-order valence-corrected chi connectivity index (χ3v) is 7.06. The molecular formula is C30H33N3O4. The minimum absolute atomic E-state index is 0.256. The minimum Gasteiger partial charge on any atom is -0.494 e. The number of hydrogen-bond donors (Lipinski definition) is 0. The number of amides is 2. The van der Waals surface area contributed by atoms with Gasteiger partial charge in [-0.15, -0.1) is 0 Å². The molecule has 0 aromatic heterocycles. The van der Waals surface area contributed by atoms with Crippen LogP contribution in [0.4, 0.5) is 17.1 Å². The van der Waals surface area contributed by atoms with Gasteiger partial charge < -0.3 is 9.64 Å². The van der Waals surface area contributed by atoms with Gasteiger partial charge in [0.25, 0.3) is 5.91 Å². The highest BCUT2D eigenvalue weighted by molar-refractivity contribution is 6.23. The Balaban J connectivity index is 1.48. The van der Waals surface area contributed by atoms with E-state index in [1.165, 1.54) is 4.90 Å². The molecule has 2 heterocycles. The Hall–Kier alpha value is -3.84. The van der Waals surface area contributed by atoms with E-state index in [9.17, 15) is 9.59 Å². The summed E-state index contributed by atoms with van der Waals surface area (Å²) in [5.41, 5.74) is 3.38. The maximum atomic E-state index is 13.8. The third-order valence-electron chi connectivity index (χ3n) is 7.06. The van der Waals surface area contributed by atoms with Crippen molar-refractivity contribution < 1.29 is 19.2 Å². The molecule has 2 aliphatic rings. The lowest BCUT2D eigenvalue weighted by Crippen LogP contribution is -2.37. The summed E-state index contributed by atoms with van der Waals surface area (Å²) in [6.45, 7) is 8.73. The van der Waals surface area contributed by atoms with Crippen molar-refractivity contribution in [2.45, 2.75) is 39.3 Å². The number of para-hydroxylation sites is 1. The van der Waals surface area contributed by atoms with Gasteiger partial charge in [-0.1, -0.05) is 37.3 Å². The average Bonchev–Trinajstić information content (AvgIpc) is 3.45. The lowest BCUT2D eigenvalue weighted by molar-refractivity contribution is -0.126. The van der Waals surface area contributed by atoms with E-state index in [0.29, 0.717) is 18.0 Å². The van der Waals surface area contributed by atoms with Crippen molar-refractivity contribution in [1.29, 1.82) is 0 Å². The fraction of sp³-hybridized carbons (Fsp3) is 0.333. The Morgan fingerprint density at radius 1 is 0.811 bits per heavy atom. The molecule has 0 aliphatic carbocycles. The van der Waals surface area contributed by atoms with E-state index < -0.39 is 18.1 Å². The van der Waals surface area contributed by atoms with Gasteiger partial charge in [0.05, 0.1) is 24.0 Å². The molecule has 2 aliphatic heterocycles. The maximum absolute atomic E-state index is 13.8. The Kier molecular flexibility index (Phi) is 7.15. The highest BCUT2D eigenvalue weighted by Crippen LogP contribution is 2.47. The van der Waals surface area contributed by atoms with E-state index >= 15 is 0 Å². The highest BCUT2D eigenvalue weighted by Gasteiger charge is 2.60. The molecule has 2 amide bonds. The van der Waals surface area contributed by atoms with Crippen LogP contribution in [0.1, 0.15) is 38.8 Å². The summed E-state index contributed by atoms with van der Waals surface area (Å²) in [4.78, 5) is 37.2. The zero-order valence-electron chi connectivity index (χ0n) is 21.5. The summed E-state index contributed by atoms with van der Waals surface area (Å²) in [6, 6.07) is 24.5. The minimum atomic E-state index is -0.892. The van der Waals surface area contributed by atoms with Crippen molar-refractivity contribution in [3.05, 3.63) is 84.4 Å². The second kappa shape index (κ2) is 10.6. The largest absolute Gasteiger partial charge is 0.494 e. The van der Waals surface area contributed by atoms with Gasteiger partial charge in [0.1, 0.15) is 11.7 Å². The van der Waals surface area contributed by atoms with Crippen LogP contribution >= 0.6 is 0 Å². The number of nitrogens with zero attached hydrogens (tertiary/aromatic N) is 3. The van der Waals surface area contributed by atoms with E-state index in [-0.39, 0.29) is 11.8 Å². The molecule has 0 spiro atoms. The summed E-state index contributed by atoms with van der Waals surface area (Å²) in [7, 11) is 0. The van der Waals surface area contributed by atoms with Crippen LogP contribution in [0.2, 0.25) is 0 Å². The van der Waals surface area contributed by atoms with E-state index in [1.807, 2.05) is 49.4 Å². The number of ether oxygens (including phenoxy) is 1. The summed E-state index contributed by atoms with van der Waals surface area (Å²) in [5.74, 6) is -0.556. The van der Waals surface area contributed by atoms with Crippen LogP contribution in [0.15, 0.2) is 78.9 Å². The molecule has 0 radical (unpaired) electrons. The van der Waals surface area contributed by atoms with E-state index in [0.717, 1.165) is 36.4 Å². The number of fused-ring (bicyclic) bond motifs is 1. The quantitative estimate of drug-likeness (QED) is 0.369. The third kappa shape index (κ3) is 4.55. The normalized spacial score (nSPS) is 20.9. The van der Waals surface area contributed by atoms with Crippen LogP contribution in [-0.2, 0) is 14.4 Å². The number of hydroxylamine groups is 1. The van der Waals surface area contributed by atoms with Crippen molar-refractivity contribution >= 4 is 28.9 Å². The Bertz CT molecular complexity index is 1230. The zero-order valence-corrected chi connectivity index (χ0v) is 21.5. The molecule has 0 bridgehead atoms. The maximum Gasteiger partial charge on any atom is 0.266 e. The first kappa shape index (κ1) is 24.8. The molecule has 3 aromatic rings. The van der Waals surface area contributed by atoms with Gasteiger partial charge in [0.15, 0.2) is 6.10 Å². The van der Waals surface area contributed by atoms with Gasteiger partial charge in [-0.05, 0) is 74.4 Å². The first-order valence-electron chi connectivity index (χ1n) is 13.0. The molecule has 37 heavy (non-hydrogen) atoms. The fourth-order valence-corrected chi connectivity index (χ4v) is 5.19. The van der Waals surface area contributed by atoms with E-state index in [2.05, 4.69) is 30.9 Å². The number of carbonyl (C=O) groups excluding carboxylic acids is 2. The predicted octanol–water partition coefficient (Wildman–Crippen LogP) is 5.37. The van der Waals surface area contributed by atoms with E-state index in [4.69, 9.17) is 9.57 Å². The van der Waals surface area contributed by atoms with Gasteiger partial charge >= 0.3 is 0 Å².